The molecule has 0 amide bonds. The average Bonchev–Trinajstić information content (AvgIpc) is 2.48. The molecular formula is C15H19N3O2. The van der Waals surface area contributed by atoms with E-state index in [0.717, 1.165) is 42.1 Å². The number of nitrogens with zero attached hydrogens (tertiary/aromatic N) is 3. The summed E-state index contributed by atoms with van der Waals surface area (Å²) >= 11 is 0. The van der Waals surface area contributed by atoms with E-state index in [4.69, 9.17) is 9.72 Å². The molecule has 0 N–H and O–H groups in total. The molecule has 0 radical (unpaired) electrons. The molecule has 106 valence electrons. The highest BCUT2D eigenvalue weighted by Crippen LogP contribution is 2.16. The van der Waals surface area contributed by atoms with Gasteiger partial charge in [0.15, 0.2) is 0 Å². The predicted molar refractivity (Wildman–Crippen MR) is 78.6 cm³/mol. The van der Waals surface area contributed by atoms with Crippen LogP contribution in [0.3, 0.4) is 0 Å². The second kappa shape index (κ2) is 5.25. The Bertz CT molecular complexity index is 687. The van der Waals surface area contributed by atoms with Gasteiger partial charge < -0.3 is 9.64 Å². The van der Waals surface area contributed by atoms with Crippen molar-refractivity contribution in [3.63, 3.8) is 0 Å². The quantitative estimate of drug-likeness (QED) is 0.830. The zero-order chi connectivity index (χ0) is 14.1. The molecule has 1 saturated heterocycles. The van der Waals surface area contributed by atoms with Gasteiger partial charge in [-0.15, -0.1) is 0 Å². The molecule has 0 atom stereocenters. The first-order valence-corrected chi connectivity index (χ1v) is 7.04. The van der Waals surface area contributed by atoms with Crippen molar-refractivity contribution in [1.82, 2.24) is 9.38 Å². The molecule has 2 aromatic heterocycles. The number of fused-ring (bicyclic) bond motifs is 1. The number of ether oxygens (including phenoxy) is 1. The molecule has 5 heteroatoms. The smallest absolute Gasteiger partial charge is 0.259 e. The third-order valence-electron chi connectivity index (χ3n) is 3.68. The average molecular weight is 273 g/mol. The first-order chi connectivity index (χ1) is 9.69. The molecule has 0 spiro atoms. The zero-order valence-electron chi connectivity index (χ0n) is 11.9. The molecule has 0 bridgehead atoms. The number of hydrogen-bond acceptors (Lipinski definition) is 4. The van der Waals surface area contributed by atoms with Crippen molar-refractivity contribution in [2.24, 2.45) is 0 Å². The summed E-state index contributed by atoms with van der Waals surface area (Å²) in [6, 6.07) is 3.72. The fourth-order valence-electron chi connectivity index (χ4n) is 2.63. The number of pyridine rings is 1. The predicted octanol–water partition coefficient (Wildman–Crippen LogP) is 1.40. The molecule has 20 heavy (non-hydrogen) atoms. The van der Waals surface area contributed by atoms with Gasteiger partial charge in [-0.05, 0) is 24.5 Å². The van der Waals surface area contributed by atoms with Crippen LogP contribution in [0.2, 0.25) is 0 Å². The van der Waals surface area contributed by atoms with Crippen molar-refractivity contribution < 1.29 is 4.74 Å². The van der Waals surface area contributed by atoms with Crippen LogP contribution in [0.1, 0.15) is 18.1 Å². The second-order valence-electron chi connectivity index (χ2n) is 5.14. The van der Waals surface area contributed by atoms with Gasteiger partial charge in [-0.25, -0.2) is 4.98 Å². The molecule has 2 aromatic rings. The Morgan fingerprint density at radius 2 is 2.05 bits per heavy atom. The van der Waals surface area contributed by atoms with E-state index in [1.165, 1.54) is 0 Å². The summed E-state index contributed by atoms with van der Waals surface area (Å²) in [5, 5.41) is 0. The molecule has 1 aliphatic rings. The highest BCUT2D eigenvalue weighted by molar-refractivity contribution is 5.54. The fraction of sp³-hybridized carbons (Fsp3) is 0.467. The maximum atomic E-state index is 12.3. The van der Waals surface area contributed by atoms with E-state index in [2.05, 4.69) is 17.9 Å². The maximum Gasteiger partial charge on any atom is 0.259 e. The minimum absolute atomic E-state index is 0.0186. The van der Waals surface area contributed by atoms with Crippen LogP contribution in [-0.4, -0.2) is 35.7 Å². The maximum absolute atomic E-state index is 12.3. The van der Waals surface area contributed by atoms with E-state index in [1.54, 1.807) is 10.5 Å². The Hall–Kier alpha value is -1.88. The summed E-state index contributed by atoms with van der Waals surface area (Å²) in [4.78, 5) is 19.1. The van der Waals surface area contributed by atoms with Gasteiger partial charge in [0.25, 0.3) is 5.56 Å². The van der Waals surface area contributed by atoms with Crippen LogP contribution in [0, 0.1) is 6.92 Å². The van der Waals surface area contributed by atoms with E-state index in [0.29, 0.717) is 13.2 Å². The molecule has 3 rings (SSSR count). The van der Waals surface area contributed by atoms with E-state index in [9.17, 15) is 4.79 Å². The summed E-state index contributed by atoms with van der Waals surface area (Å²) in [5.74, 6) is 0.761. The van der Waals surface area contributed by atoms with Crippen LogP contribution in [0.5, 0.6) is 0 Å². The van der Waals surface area contributed by atoms with Crippen LogP contribution < -0.4 is 10.5 Å². The number of aromatic nitrogens is 2. The van der Waals surface area contributed by atoms with Crippen LogP contribution in [0.25, 0.3) is 5.65 Å². The van der Waals surface area contributed by atoms with E-state index >= 15 is 0 Å². The fourth-order valence-corrected chi connectivity index (χ4v) is 2.63. The monoisotopic (exact) mass is 273 g/mol. The Labute approximate surface area is 117 Å². The van der Waals surface area contributed by atoms with Gasteiger partial charge in [0, 0.05) is 25.4 Å². The highest BCUT2D eigenvalue weighted by atomic mass is 16.5. The molecule has 0 saturated carbocycles. The summed E-state index contributed by atoms with van der Waals surface area (Å²) in [6.07, 6.45) is 2.72. The van der Waals surface area contributed by atoms with Crippen LogP contribution in [0.4, 0.5) is 5.82 Å². The Morgan fingerprint density at radius 3 is 2.75 bits per heavy atom. The minimum Gasteiger partial charge on any atom is -0.378 e. The third-order valence-corrected chi connectivity index (χ3v) is 3.68. The number of hydrogen-bond donors (Lipinski definition) is 0. The lowest BCUT2D eigenvalue weighted by atomic mass is 10.1. The SMILES string of the molecule is CCc1cc(C)cn2c(=O)cc(N3CCOCC3)nc12. The van der Waals surface area contributed by atoms with Gasteiger partial charge in [-0.3, -0.25) is 9.20 Å². The van der Waals surface area contributed by atoms with Gasteiger partial charge in [0.1, 0.15) is 11.5 Å². The molecule has 1 fully saturated rings. The Morgan fingerprint density at radius 1 is 1.30 bits per heavy atom. The molecule has 5 nitrogen and oxygen atoms in total. The summed E-state index contributed by atoms with van der Waals surface area (Å²) in [6.45, 7) is 7.04. The van der Waals surface area contributed by atoms with Gasteiger partial charge in [-0.1, -0.05) is 13.0 Å². The molecule has 3 heterocycles. The molecule has 0 aliphatic carbocycles. The minimum atomic E-state index is -0.0186. The largest absolute Gasteiger partial charge is 0.378 e. The van der Waals surface area contributed by atoms with Crippen molar-refractivity contribution in [3.05, 3.63) is 39.8 Å². The van der Waals surface area contributed by atoms with Gasteiger partial charge in [0.05, 0.1) is 13.2 Å². The van der Waals surface area contributed by atoms with Crippen LogP contribution in [0.15, 0.2) is 23.1 Å². The van der Waals surface area contributed by atoms with E-state index < -0.39 is 0 Å². The number of morpholine rings is 1. The molecular weight excluding hydrogens is 254 g/mol. The zero-order valence-corrected chi connectivity index (χ0v) is 11.9. The van der Waals surface area contributed by atoms with Crippen molar-refractivity contribution >= 4 is 11.5 Å². The van der Waals surface area contributed by atoms with Crippen molar-refractivity contribution in [2.45, 2.75) is 20.3 Å². The summed E-state index contributed by atoms with van der Waals surface area (Å²) in [7, 11) is 0. The highest BCUT2D eigenvalue weighted by Gasteiger charge is 2.15. The first-order valence-electron chi connectivity index (χ1n) is 7.04. The third kappa shape index (κ3) is 2.29. The second-order valence-corrected chi connectivity index (χ2v) is 5.14. The molecule has 0 unspecified atom stereocenters. The summed E-state index contributed by atoms with van der Waals surface area (Å²) < 4.78 is 7.00. The number of anilines is 1. The van der Waals surface area contributed by atoms with Gasteiger partial charge in [0.2, 0.25) is 0 Å². The first kappa shape index (κ1) is 13.1. The lowest BCUT2D eigenvalue weighted by Gasteiger charge is -2.27. The van der Waals surface area contributed by atoms with Gasteiger partial charge in [-0.2, -0.15) is 0 Å². The lowest BCUT2D eigenvalue weighted by molar-refractivity contribution is 0.122. The van der Waals surface area contributed by atoms with Crippen LogP contribution in [-0.2, 0) is 11.2 Å². The van der Waals surface area contributed by atoms with E-state index in [1.807, 2.05) is 13.1 Å². The number of aryl methyl sites for hydroxylation is 2. The van der Waals surface area contributed by atoms with Crippen molar-refractivity contribution in [2.75, 3.05) is 31.2 Å². The molecule has 1 aliphatic heterocycles. The van der Waals surface area contributed by atoms with Crippen molar-refractivity contribution in [3.8, 4) is 0 Å². The Balaban J connectivity index is 2.17. The standard InChI is InChI=1S/C15H19N3O2/c1-3-12-8-11(2)10-18-14(19)9-13(16-15(12)18)17-4-6-20-7-5-17/h8-10H,3-7H2,1-2H3. The topological polar surface area (TPSA) is 46.8 Å². The van der Waals surface area contributed by atoms with E-state index in [-0.39, 0.29) is 5.56 Å². The van der Waals surface area contributed by atoms with Crippen molar-refractivity contribution in [1.29, 1.82) is 0 Å². The summed E-state index contributed by atoms with van der Waals surface area (Å²) in [5.41, 5.74) is 2.94. The van der Waals surface area contributed by atoms with Gasteiger partial charge >= 0.3 is 0 Å². The normalized spacial score (nSPS) is 15.8. The Kier molecular flexibility index (Phi) is 3.44. The molecule has 0 aromatic carbocycles. The lowest BCUT2D eigenvalue weighted by Crippen LogP contribution is -2.37. The number of rotatable bonds is 2. The van der Waals surface area contributed by atoms with Crippen LogP contribution >= 0.6 is 0 Å².